The second kappa shape index (κ2) is 3.89. The lowest BCUT2D eigenvalue weighted by atomic mass is 10.1. The molecule has 76 valence electrons. The lowest BCUT2D eigenvalue weighted by Gasteiger charge is -2.09. The van der Waals surface area contributed by atoms with Crippen LogP contribution in [0.1, 0.15) is 11.7 Å². The number of carboxylic acids is 1. The molecule has 1 unspecified atom stereocenters. The van der Waals surface area contributed by atoms with Crippen LogP contribution in [0.4, 0.5) is 8.78 Å². The van der Waals surface area contributed by atoms with Gasteiger partial charge in [0, 0.05) is 11.6 Å². The fourth-order valence-electron chi connectivity index (χ4n) is 0.938. The normalized spacial score (nSPS) is 12.6. The van der Waals surface area contributed by atoms with Crippen molar-refractivity contribution in [3.8, 4) is 0 Å². The first-order chi connectivity index (χ1) is 6.43. The molecule has 0 saturated heterocycles. The van der Waals surface area contributed by atoms with Gasteiger partial charge in [-0.05, 0) is 6.07 Å². The number of rotatable bonds is 2. The molecule has 0 bridgehead atoms. The first-order valence-electron chi connectivity index (χ1n) is 3.48. The number of aliphatic carboxylic acids is 1. The third kappa shape index (κ3) is 2.00. The number of aliphatic hydroxyl groups is 1. The Labute approximate surface area is 82.5 Å². The Morgan fingerprint density at radius 1 is 1.43 bits per heavy atom. The first-order valence-corrected chi connectivity index (χ1v) is 3.86. The highest BCUT2D eigenvalue weighted by atomic mass is 35.5. The van der Waals surface area contributed by atoms with E-state index in [0.717, 1.165) is 6.07 Å². The van der Waals surface area contributed by atoms with Gasteiger partial charge in [-0.1, -0.05) is 11.6 Å². The molecule has 0 saturated carbocycles. The molecule has 1 rings (SSSR count). The lowest BCUT2D eigenvalue weighted by Crippen LogP contribution is -2.13. The van der Waals surface area contributed by atoms with Crippen molar-refractivity contribution < 1.29 is 23.8 Å². The van der Waals surface area contributed by atoms with Gasteiger partial charge in [0.15, 0.2) is 6.10 Å². The topological polar surface area (TPSA) is 57.5 Å². The van der Waals surface area contributed by atoms with Crippen molar-refractivity contribution in [1.82, 2.24) is 0 Å². The summed E-state index contributed by atoms with van der Waals surface area (Å²) in [6, 6.07) is 1.18. The van der Waals surface area contributed by atoms with E-state index in [2.05, 4.69) is 0 Å². The van der Waals surface area contributed by atoms with Crippen LogP contribution in [0.25, 0.3) is 0 Å². The SMILES string of the molecule is O=C(O)C(O)c1c(F)cc(F)cc1Cl. The summed E-state index contributed by atoms with van der Waals surface area (Å²) in [4.78, 5) is 10.3. The zero-order valence-electron chi connectivity index (χ0n) is 6.67. The number of halogens is 3. The van der Waals surface area contributed by atoms with Gasteiger partial charge in [0.1, 0.15) is 11.6 Å². The van der Waals surface area contributed by atoms with Crippen LogP contribution in [0.15, 0.2) is 12.1 Å². The van der Waals surface area contributed by atoms with Gasteiger partial charge in [0.05, 0.1) is 5.02 Å². The Balaban J connectivity index is 3.27. The van der Waals surface area contributed by atoms with Gasteiger partial charge in [0.25, 0.3) is 0 Å². The van der Waals surface area contributed by atoms with Crippen molar-refractivity contribution >= 4 is 17.6 Å². The summed E-state index contributed by atoms with van der Waals surface area (Å²) in [5.74, 6) is -3.78. The van der Waals surface area contributed by atoms with Crippen LogP contribution < -0.4 is 0 Å². The van der Waals surface area contributed by atoms with Gasteiger partial charge in [-0.15, -0.1) is 0 Å². The molecule has 1 aromatic rings. The second-order valence-corrected chi connectivity index (χ2v) is 2.93. The molecule has 0 spiro atoms. The summed E-state index contributed by atoms with van der Waals surface area (Å²) in [6.07, 6.45) is -2.09. The van der Waals surface area contributed by atoms with E-state index < -0.39 is 34.3 Å². The Morgan fingerprint density at radius 3 is 2.43 bits per heavy atom. The summed E-state index contributed by atoms with van der Waals surface area (Å²) >= 11 is 5.37. The highest BCUT2D eigenvalue weighted by Gasteiger charge is 2.23. The van der Waals surface area contributed by atoms with Gasteiger partial charge in [-0.2, -0.15) is 0 Å². The average Bonchev–Trinajstić information content (AvgIpc) is 2.01. The van der Waals surface area contributed by atoms with E-state index >= 15 is 0 Å². The molecule has 1 atom stereocenters. The summed E-state index contributed by atoms with van der Waals surface area (Å²) in [7, 11) is 0. The maximum atomic E-state index is 13.0. The molecule has 1 aromatic carbocycles. The van der Waals surface area contributed by atoms with Crippen LogP contribution in [-0.2, 0) is 4.79 Å². The molecule has 0 aliphatic carbocycles. The molecule has 0 amide bonds. The van der Waals surface area contributed by atoms with Crippen LogP contribution >= 0.6 is 11.6 Å². The van der Waals surface area contributed by atoms with E-state index in [0.29, 0.717) is 6.07 Å². The third-order valence-electron chi connectivity index (χ3n) is 1.55. The number of benzene rings is 1. The Hall–Kier alpha value is -1.20. The van der Waals surface area contributed by atoms with Gasteiger partial charge in [-0.25, -0.2) is 13.6 Å². The minimum Gasteiger partial charge on any atom is -0.479 e. The van der Waals surface area contributed by atoms with Gasteiger partial charge in [-0.3, -0.25) is 0 Å². The predicted octanol–water partition coefficient (Wildman–Crippen LogP) is 1.74. The second-order valence-electron chi connectivity index (χ2n) is 2.52. The first kappa shape index (κ1) is 10.9. The maximum absolute atomic E-state index is 13.0. The Morgan fingerprint density at radius 2 is 2.00 bits per heavy atom. The molecule has 0 aliphatic rings. The van der Waals surface area contributed by atoms with Crippen LogP contribution in [0.3, 0.4) is 0 Å². The van der Waals surface area contributed by atoms with Crippen molar-refractivity contribution in [3.63, 3.8) is 0 Å². The third-order valence-corrected chi connectivity index (χ3v) is 1.86. The van der Waals surface area contributed by atoms with E-state index in [1.165, 1.54) is 0 Å². The number of aliphatic hydroxyl groups excluding tert-OH is 1. The minimum atomic E-state index is -2.09. The van der Waals surface area contributed by atoms with E-state index in [9.17, 15) is 13.6 Å². The minimum absolute atomic E-state index is 0.452. The molecule has 0 fully saturated rings. The van der Waals surface area contributed by atoms with Crippen molar-refractivity contribution in [1.29, 1.82) is 0 Å². The van der Waals surface area contributed by atoms with Crippen molar-refractivity contribution in [2.24, 2.45) is 0 Å². The lowest BCUT2D eigenvalue weighted by molar-refractivity contribution is -0.147. The number of hydrogen-bond donors (Lipinski definition) is 2. The quantitative estimate of drug-likeness (QED) is 0.801. The summed E-state index contributed by atoms with van der Waals surface area (Å²) < 4.78 is 25.5. The monoisotopic (exact) mass is 222 g/mol. The molecule has 6 heteroatoms. The smallest absolute Gasteiger partial charge is 0.337 e. The van der Waals surface area contributed by atoms with E-state index in [1.807, 2.05) is 0 Å². The van der Waals surface area contributed by atoms with Crippen LogP contribution in [0.5, 0.6) is 0 Å². The van der Waals surface area contributed by atoms with Crippen LogP contribution in [0.2, 0.25) is 5.02 Å². The van der Waals surface area contributed by atoms with Crippen molar-refractivity contribution in [2.45, 2.75) is 6.10 Å². The van der Waals surface area contributed by atoms with Gasteiger partial charge >= 0.3 is 5.97 Å². The highest BCUT2D eigenvalue weighted by Crippen LogP contribution is 2.27. The van der Waals surface area contributed by atoms with Crippen molar-refractivity contribution in [2.75, 3.05) is 0 Å². The number of carbonyl (C=O) groups is 1. The zero-order chi connectivity index (χ0) is 10.9. The van der Waals surface area contributed by atoms with Gasteiger partial charge < -0.3 is 10.2 Å². The molecular formula is C8H5ClF2O3. The highest BCUT2D eigenvalue weighted by molar-refractivity contribution is 6.31. The number of carboxylic acid groups (broad SMARTS) is 1. The molecule has 14 heavy (non-hydrogen) atoms. The largest absolute Gasteiger partial charge is 0.479 e. The average molecular weight is 223 g/mol. The fraction of sp³-hybridized carbons (Fsp3) is 0.125. The number of hydrogen-bond acceptors (Lipinski definition) is 2. The molecular weight excluding hydrogens is 218 g/mol. The summed E-state index contributed by atoms with van der Waals surface area (Å²) in [5.41, 5.74) is -0.638. The van der Waals surface area contributed by atoms with Crippen LogP contribution in [0, 0.1) is 11.6 Å². The summed E-state index contributed by atoms with van der Waals surface area (Å²) in [6.45, 7) is 0. The fourth-order valence-corrected chi connectivity index (χ4v) is 1.24. The molecule has 0 aromatic heterocycles. The molecule has 0 heterocycles. The van der Waals surface area contributed by atoms with Crippen molar-refractivity contribution in [3.05, 3.63) is 34.4 Å². The van der Waals surface area contributed by atoms with E-state index in [4.69, 9.17) is 21.8 Å². The molecule has 3 nitrogen and oxygen atoms in total. The molecule has 2 N–H and O–H groups in total. The maximum Gasteiger partial charge on any atom is 0.337 e. The van der Waals surface area contributed by atoms with Crippen LogP contribution in [-0.4, -0.2) is 16.2 Å². The van der Waals surface area contributed by atoms with E-state index in [1.54, 1.807) is 0 Å². The van der Waals surface area contributed by atoms with E-state index in [-0.39, 0.29) is 0 Å². The Kier molecular flexibility index (Phi) is 3.03. The zero-order valence-corrected chi connectivity index (χ0v) is 7.42. The molecule has 0 aliphatic heterocycles. The Bertz CT molecular complexity index is 358. The summed E-state index contributed by atoms with van der Waals surface area (Å²) in [5, 5.41) is 16.9. The predicted molar refractivity (Wildman–Crippen MR) is 44.0 cm³/mol. The van der Waals surface area contributed by atoms with Gasteiger partial charge in [0.2, 0.25) is 0 Å². The molecule has 0 radical (unpaired) electrons. The standard InChI is InChI=1S/C8H5ClF2O3/c9-4-1-3(10)2-5(11)6(4)7(12)8(13)14/h1-2,7,12H,(H,13,14).